The fourth-order valence-corrected chi connectivity index (χ4v) is 1.82. The van der Waals surface area contributed by atoms with Crippen molar-refractivity contribution in [2.45, 2.75) is 25.5 Å². The van der Waals surface area contributed by atoms with Crippen LogP contribution in [0.2, 0.25) is 5.02 Å². The average molecular weight is 272 g/mol. The second-order valence-electron chi connectivity index (χ2n) is 4.21. The number of carbonyl (C=O) groups excluding carboxylic acids is 1. The van der Waals surface area contributed by atoms with Crippen LogP contribution < -0.4 is 5.32 Å². The fraction of sp³-hybridized carbons (Fsp3) is 0.462. The minimum Gasteiger partial charge on any atom is -0.467 e. The largest absolute Gasteiger partial charge is 0.467 e. The SMILES string of the molecule is COC(=O)C(C)(Nc1cccc(Cl)c1)C(C)OC. The second kappa shape index (κ2) is 6.07. The highest BCUT2D eigenvalue weighted by atomic mass is 35.5. The van der Waals surface area contributed by atoms with Gasteiger partial charge in [0.1, 0.15) is 0 Å². The van der Waals surface area contributed by atoms with Crippen molar-refractivity contribution in [1.29, 1.82) is 0 Å². The van der Waals surface area contributed by atoms with Gasteiger partial charge in [0.2, 0.25) is 0 Å². The summed E-state index contributed by atoms with van der Waals surface area (Å²) in [7, 11) is 2.90. The molecule has 1 rings (SSSR count). The Kier molecular flexibility index (Phi) is 4.99. The molecule has 0 aliphatic rings. The molecule has 2 atom stereocenters. The Balaban J connectivity index is 3.02. The summed E-state index contributed by atoms with van der Waals surface area (Å²) in [5.74, 6) is -0.392. The molecule has 100 valence electrons. The average Bonchev–Trinajstić information content (AvgIpc) is 2.36. The number of esters is 1. The van der Waals surface area contributed by atoms with Crippen LogP contribution in [0.1, 0.15) is 13.8 Å². The molecule has 0 saturated heterocycles. The van der Waals surface area contributed by atoms with Crippen molar-refractivity contribution in [1.82, 2.24) is 0 Å². The monoisotopic (exact) mass is 271 g/mol. The van der Waals surface area contributed by atoms with Gasteiger partial charge in [-0.1, -0.05) is 17.7 Å². The van der Waals surface area contributed by atoms with Crippen LogP contribution in [0.3, 0.4) is 0 Å². The zero-order valence-electron chi connectivity index (χ0n) is 11.0. The molecule has 1 aromatic carbocycles. The number of rotatable bonds is 5. The quantitative estimate of drug-likeness (QED) is 0.837. The zero-order valence-corrected chi connectivity index (χ0v) is 11.7. The topological polar surface area (TPSA) is 47.6 Å². The first-order chi connectivity index (χ1) is 8.43. The van der Waals surface area contributed by atoms with Crippen molar-refractivity contribution in [3.8, 4) is 0 Å². The molecule has 1 aromatic rings. The molecule has 0 amide bonds. The molecule has 0 aromatic heterocycles. The highest BCUT2D eigenvalue weighted by molar-refractivity contribution is 6.30. The van der Waals surface area contributed by atoms with E-state index in [4.69, 9.17) is 21.1 Å². The molecule has 5 heteroatoms. The zero-order chi connectivity index (χ0) is 13.8. The highest BCUT2D eigenvalue weighted by Gasteiger charge is 2.40. The lowest BCUT2D eigenvalue weighted by atomic mass is 9.95. The Hall–Kier alpha value is -1.26. The van der Waals surface area contributed by atoms with Crippen LogP contribution in [0, 0.1) is 0 Å². The van der Waals surface area contributed by atoms with Crippen molar-refractivity contribution in [3.05, 3.63) is 29.3 Å². The third-order valence-electron chi connectivity index (χ3n) is 3.00. The van der Waals surface area contributed by atoms with Crippen molar-refractivity contribution in [3.63, 3.8) is 0 Å². The van der Waals surface area contributed by atoms with Gasteiger partial charge in [-0.05, 0) is 32.0 Å². The van der Waals surface area contributed by atoms with Gasteiger partial charge < -0.3 is 14.8 Å². The molecule has 0 spiro atoms. The van der Waals surface area contributed by atoms with Crippen molar-refractivity contribution in [2.75, 3.05) is 19.5 Å². The minimum atomic E-state index is -0.978. The Bertz CT molecular complexity index is 424. The predicted octanol–water partition coefficient (Wildman–Crippen LogP) is 2.72. The summed E-state index contributed by atoms with van der Waals surface area (Å²) in [5, 5.41) is 3.71. The number of hydrogen-bond donors (Lipinski definition) is 1. The number of anilines is 1. The van der Waals surface area contributed by atoms with E-state index in [0.717, 1.165) is 5.69 Å². The number of halogens is 1. The molecule has 0 bridgehead atoms. The molecule has 1 N–H and O–H groups in total. The van der Waals surface area contributed by atoms with Crippen LogP contribution >= 0.6 is 11.6 Å². The first-order valence-corrected chi connectivity index (χ1v) is 5.96. The summed E-state index contributed by atoms with van der Waals surface area (Å²) in [4.78, 5) is 11.9. The van der Waals surface area contributed by atoms with Crippen LogP contribution in [0.15, 0.2) is 24.3 Å². The number of benzene rings is 1. The van der Waals surface area contributed by atoms with E-state index in [-0.39, 0.29) is 6.10 Å². The maximum Gasteiger partial charge on any atom is 0.333 e. The second-order valence-corrected chi connectivity index (χ2v) is 4.64. The third-order valence-corrected chi connectivity index (χ3v) is 3.24. The number of nitrogens with one attached hydrogen (secondary N) is 1. The molecule has 0 saturated carbocycles. The molecular weight excluding hydrogens is 254 g/mol. The Labute approximate surface area is 112 Å². The van der Waals surface area contributed by atoms with Crippen LogP contribution in [0.5, 0.6) is 0 Å². The lowest BCUT2D eigenvalue weighted by molar-refractivity contribution is -0.149. The van der Waals surface area contributed by atoms with Crippen molar-refractivity contribution < 1.29 is 14.3 Å². The van der Waals surface area contributed by atoms with Crippen LogP contribution in [0.4, 0.5) is 5.69 Å². The van der Waals surface area contributed by atoms with E-state index in [1.54, 1.807) is 39.2 Å². The molecule has 2 unspecified atom stereocenters. The van der Waals surface area contributed by atoms with Crippen molar-refractivity contribution >= 4 is 23.3 Å². The van der Waals surface area contributed by atoms with E-state index in [1.807, 2.05) is 6.07 Å². The molecule has 4 nitrogen and oxygen atoms in total. The lowest BCUT2D eigenvalue weighted by Crippen LogP contribution is -2.53. The maximum atomic E-state index is 11.9. The van der Waals surface area contributed by atoms with Gasteiger partial charge in [-0.2, -0.15) is 0 Å². The van der Waals surface area contributed by atoms with Gasteiger partial charge in [-0.25, -0.2) is 4.79 Å². The smallest absolute Gasteiger partial charge is 0.333 e. The number of hydrogen-bond acceptors (Lipinski definition) is 4. The predicted molar refractivity (Wildman–Crippen MR) is 72.0 cm³/mol. The summed E-state index contributed by atoms with van der Waals surface area (Å²) >= 11 is 5.91. The summed E-state index contributed by atoms with van der Waals surface area (Å²) in [6.07, 6.45) is -0.357. The molecular formula is C13H18ClNO3. The van der Waals surface area contributed by atoms with E-state index < -0.39 is 11.5 Å². The Morgan fingerprint density at radius 1 is 1.44 bits per heavy atom. The van der Waals surface area contributed by atoms with Gasteiger partial charge in [0, 0.05) is 17.8 Å². The van der Waals surface area contributed by atoms with Gasteiger partial charge >= 0.3 is 5.97 Å². The van der Waals surface area contributed by atoms with Gasteiger partial charge in [0.25, 0.3) is 0 Å². The van der Waals surface area contributed by atoms with Crippen LogP contribution in [-0.2, 0) is 14.3 Å². The molecule has 0 fully saturated rings. The van der Waals surface area contributed by atoms with E-state index in [9.17, 15) is 4.79 Å². The summed E-state index contributed by atoms with van der Waals surface area (Å²) in [5.41, 5.74) is -0.243. The van der Waals surface area contributed by atoms with Crippen LogP contribution in [0.25, 0.3) is 0 Å². The first-order valence-electron chi connectivity index (χ1n) is 5.59. The number of ether oxygens (including phenoxy) is 2. The molecule has 0 aliphatic carbocycles. The van der Waals surface area contributed by atoms with Gasteiger partial charge in [-0.15, -0.1) is 0 Å². The first kappa shape index (κ1) is 14.8. The van der Waals surface area contributed by atoms with E-state index in [1.165, 1.54) is 7.11 Å². The minimum absolute atomic E-state index is 0.357. The van der Waals surface area contributed by atoms with E-state index >= 15 is 0 Å². The van der Waals surface area contributed by atoms with Gasteiger partial charge in [0.05, 0.1) is 13.2 Å². The maximum absolute atomic E-state index is 11.9. The standard InChI is InChI=1S/C13H18ClNO3/c1-9(17-3)13(2,12(16)18-4)15-11-7-5-6-10(14)8-11/h5-9,15H,1-4H3. The molecule has 0 heterocycles. The Morgan fingerprint density at radius 2 is 2.11 bits per heavy atom. The summed E-state index contributed by atoms with van der Waals surface area (Å²) in [6.45, 7) is 3.53. The number of carbonyl (C=O) groups is 1. The summed E-state index contributed by atoms with van der Waals surface area (Å²) in [6, 6.07) is 7.14. The normalized spacial score (nSPS) is 15.6. The Morgan fingerprint density at radius 3 is 2.61 bits per heavy atom. The van der Waals surface area contributed by atoms with E-state index in [2.05, 4.69) is 5.32 Å². The fourth-order valence-electron chi connectivity index (χ4n) is 1.63. The highest BCUT2D eigenvalue weighted by Crippen LogP contribution is 2.24. The molecule has 18 heavy (non-hydrogen) atoms. The summed E-state index contributed by atoms with van der Waals surface area (Å²) < 4.78 is 10.1. The lowest BCUT2D eigenvalue weighted by Gasteiger charge is -2.33. The van der Waals surface area contributed by atoms with Crippen molar-refractivity contribution in [2.24, 2.45) is 0 Å². The van der Waals surface area contributed by atoms with Crippen LogP contribution in [-0.4, -0.2) is 31.8 Å². The van der Waals surface area contributed by atoms with E-state index in [0.29, 0.717) is 5.02 Å². The van der Waals surface area contributed by atoms with Gasteiger partial charge in [-0.3, -0.25) is 0 Å². The molecule has 0 radical (unpaired) electrons. The number of methoxy groups -OCH3 is 2. The van der Waals surface area contributed by atoms with Gasteiger partial charge in [0.15, 0.2) is 5.54 Å². The molecule has 0 aliphatic heterocycles. The third kappa shape index (κ3) is 3.15.